The predicted molar refractivity (Wildman–Crippen MR) is 117 cm³/mol. The molecular formula is C23H21ClN2O6. The molecule has 1 N–H and O–H groups in total. The minimum absolute atomic E-state index is 0.00775. The van der Waals surface area contributed by atoms with Crippen LogP contribution in [0.25, 0.3) is 0 Å². The first-order chi connectivity index (χ1) is 15.3. The summed E-state index contributed by atoms with van der Waals surface area (Å²) in [5, 5.41) is 14.2. The van der Waals surface area contributed by atoms with Crippen molar-refractivity contribution in [2.75, 3.05) is 14.2 Å². The van der Waals surface area contributed by atoms with Crippen molar-refractivity contribution < 1.29 is 24.0 Å². The van der Waals surface area contributed by atoms with Crippen molar-refractivity contribution >= 4 is 29.0 Å². The first-order valence-electron chi connectivity index (χ1n) is 10.0. The number of carbonyl (C=O) groups excluding carboxylic acids is 2. The number of carbonyl (C=O) groups is 2. The molecule has 0 bridgehead atoms. The van der Waals surface area contributed by atoms with E-state index in [0.29, 0.717) is 34.8 Å². The van der Waals surface area contributed by atoms with Crippen LogP contribution >= 0.6 is 11.6 Å². The van der Waals surface area contributed by atoms with Crippen LogP contribution in [-0.2, 0) is 9.59 Å². The van der Waals surface area contributed by atoms with Crippen LogP contribution in [0, 0.1) is 10.1 Å². The average Bonchev–Trinajstić information content (AvgIpc) is 2.77. The topological polar surface area (TPSA) is 108 Å². The van der Waals surface area contributed by atoms with Gasteiger partial charge >= 0.3 is 0 Å². The number of hydrogen-bond donors (Lipinski definition) is 1. The van der Waals surface area contributed by atoms with Crippen molar-refractivity contribution in [3.05, 3.63) is 73.9 Å². The fourth-order valence-corrected chi connectivity index (χ4v) is 4.70. The van der Waals surface area contributed by atoms with E-state index in [-0.39, 0.29) is 41.2 Å². The molecule has 0 aromatic heterocycles. The molecule has 0 spiro atoms. The van der Waals surface area contributed by atoms with Crippen LogP contribution in [0.5, 0.6) is 11.5 Å². The van der Waals surface area contributed by atoms with Crippen molar-refractivity contribution in [1.82, 2.24) is 5.32 Å². The van der Waals surface area contributed by atoms with Gasteiger partial charge in [-0.15, -0.1) is 0 Å². The quantitative estimate of drug-likeness (QED) is 0.531. The zero-order valence-electron chi connectivity index (χ0n) is 17.5. The van der Waals surface area contributed by atoms with E-state index < -0.39 is 10.8 Å². The molecule has 166 valence electrons. The second-order valence-corrected chi connectivity index (χ2v) is 8.21. The maximum absolute atomic E-state index is 13.3. The molecule has 32 heavy (non-hydrogen) atoms. The summed E-state index contributed by atoms with van der Waals surface area (Å²) >= 11 is 5.94. The third-order valence-corrected chi connectivity index (χ3v) is 6.30. The maximum atomic E-state index is 13.3. The number of amides is 1. The highest BCUT2D eigenvalue weighted by Gasteiger charge is 2.39. The number of ether oxygens (including phenoxy) is 2. The lowest BCUT2D eigenvalue weighted by molar-refractivity contribution is -0.384. The van der Waals surface area contributed by atoms with Gasteiger partial charge in [-0.1, -0.05) is 17.7 Å². The molecule has 0 saturated carbocycles. The summed E-state index contributed by atoms with van der Waals surface area (Å²) in [5.74, 6) is 0.174. The smallest absolute Gasteiger partial charge is 0.288 e. The number of methoxy groups -OCH3 is 2. The molecule has 8 nitrogen and oxygen atoms in total. The summed E-state index contributed by atoms with van der Waals surface area (Å²) in [6, 6.07) is 9.82. The van der Waals surface area contributed by atoms with Gasteiger partial charge in [0, 0.05) is 47.6 Å². The molecule has 0 saturated heterocycles. The van der Waals surface area contributed by atoms with Crippen LogP contribution in [-0.4, -0.2) is 30.8 Å². The third-order valence-electron chi connectivity index (χ3n) is 5.98. The Bertz CT molecular complexity index is 1160. The monoisotopic (exact) mass is 456 g/mol. The molecule has 4 rings (SSSR count). The van der Waals surface area contributed by atoms with Crippen molar-refractivity contribution in [3.63, 3.8) is 0 Å². The number of nitrogens with one attached hydrogen (secondary N) is 1. The fraction of sp³-hybridized carbons (Fsp3) is 0.304. The number of hydrogen-bond acceptors (Lipinski definition) is 6. The first-order valence-corrected chi connectivity index (χ1v) is 10.4. The SMILES string of the molecule is COc1ccc(OC)c([C@@H]2CC(=O)C3=C(C2)NC(=O)C[C@@H]3c2ccc(Cl)c([N+](=O)[O-])c2)c1. The Morgan fingerprint density at radius 2 is 1.84 bits per heavy atom. The van der Waals surface area contributed by atoms with Crippen LogP contribution in [0.4, 0.5) is 5.69 Å². The van der Waals surface area contributed by atoms with Crippen LogP contribution in [0.15, 0.2) is 47.7 Å². The number of rotatable bonds is 5. The van der Waals surface area contributed by atoms with Gasteiger partial charge < -0.3 is 14.8 Å². The minimum Gasteiger partial charge on any atom is -0.497 e. The van der Waals surface area contributed by atoms with E-state index in [2.05, 4.69) is 5.32 Å². The van der Waals surface area contributed by atoms with Crippen LogP contribution in [0.2, 0.25) is 5.02 Å². The second-order valence-electron chi connectivity index (χ2n) is 7.80. The first kappa shape index (κ1) is 21.8. The van der Waals surface area contributed by atoms with E-state index in [0.717, 1.165) is 5.56 Å². The Balaban J connectivity index is 1.75. The number of Topliss-reactive ketones (excluding diaryl/α,β-unsaturated/α-hetero) is 1. The molecule has 1 aliphatic heterocycles. The highest BCUT2D eigenvalue weighted by atomic mass is 35.5. The number of nitro benzene ring substituents is 1. The Morgan fingerprint density at radius 1 is 1.06 bits per heavy atom. The van der Waals surface area contributed by atoms with E-state index in [1.165, 1.54) is 12.1 Å². The van der Waals surface area contributed by atoms with Crippen molar-refractivity contribution in [3.8, 4) is 11.5 Å². The predicted octanol–water partition coefficient (Wildman–Crippen LogP) is 4.27. The fourth-order valence-electron chi connectivity index (χ4n) is 4.51. The molecule has 0 fully saturated rings. The van der Waals surface area contributed by atoms with Crippen LogP contribution < -0.4 is 14.8 Å². The summed E-state index contributed by atoms with van der Waals surface area (Å²) in [4.78, 5) is 36.6. The molecule has 0 radical (unpaired) electrons. The Hall–Kier alpha value is -3.39. The summed E-state index contributed by atoms with van der Waals surface area (Å²) in [5.41, 5.74) is 2.15. The standard InChI is InChI=1S/C23H21ClN2O6/c1-31-14-4-6-21(32-2)15(10-14)13-7-18-23(20(27)9-13)16(11-22(28)25-18)12-3-5-17(24)19(8-12)26(29)30/h3-6,8,10,13,16H,7,9,11H2,1-2H3,(H,25,28)/t13-,16+/m0/s1. The number of nitrogens with zero attached hydrogens (tertiary/aromatic N) is 1. The van der Waals surface area contributed by atoms with Crippen molar-refractivity contribution in [1.29, 1.82) is 0 Å². The van der Waals surface area contributed by atoms with E-state index in [9.17, 15) is 19.7 Å². The number of ketones is 1. The van der Waals surface area contributed by atoms with E-state index in [4.69, 9.17) is 21.1 Å². The van der Waals surface area contributed by atoms with E-state index in [1.54, 1.807) is 32.4 Å². The highest BCUT2D eigenvalue weighted by Crippen LogP contribution is 2.45. The van der Waals surface area contributed by atoms with Crippen molar-refractivity contribution in [2.45, 2.75) is 31.1 Å². The zero-order chi connectivity index (χ0) is 23.0. The summed E-state index contributed by atoms with van der Waals surface area (Å²) in [6.45, 7) is 0. The van der Waals surface area contributed by atoms with Gasteiger partial charge in [0.25, 0.3) is 5.69 Å². The Morgan fingerprint density at radius 3 is 2.53 bits per heavy atom. The molecule has 2 aromatic rings. The van der Waals surface area contributed by atoms with E-state index in [1.807, 2.05) is 6.07 Å². The number of halogens is 1. The van der Waals surface area contributed by atoms with Crippen LogP contribution in [0.3, 0.4) is 0 Å². The largest absolute Gasteiger partial charge is 0.497 e. The second kappa shape index (κ2) is 8.63. The van der Waals surface area contributed by atoms with Gasteiger partial charge in [0.15, 0.2) is 5.78 Å². The number of benzene rings is 2. The van der Waals surface area contributed by atoms with Crippen LogP contribution in [0.1, 0.15) is 42.2 Å². The summed E-state index contributed by atoms with van der Waals surface area (Å²) in [6.07, 6.45) is 0.698. The van der Waals surface area contributed by atoms with E-state index >= 15 is 0 Å². The lowest BCUT2D eigenvalue weighted by Gasteiger charge is -2.34. The zero-order valence-corrected chi connectivity index (χ0v) is 18.3. The van der Waals surface area contributed by atoms with Gasteiger partial charge in [-0.3, -0.25) is 19.7 Å². The molecule has 9 heteroatoms. The lowest BCUT2D eigenvalue weighted by atomic mass is 9.73. The molecular weight excluding hydrogens is 436 g/mol. The lowest BCUT2D eigenvalue weighted by Crippen LogP contribution is -2.38. The molecule has 2 aromatic carbocycles. The normalized spacial score (nSPS) is 20.5. The minimum atomic E-state index is -0.572. The number of allylic oxidation sites excluding steroid dienone is 2. The maximum Gasteiger partial charge on any atom is 0.288 e. The number of nitro groups is 1. The van der Waals surface area contributed by atoms with Gasteiger partial charge in [-0.05, 0) is 36.2 Å². The molecule has 1 aliphatic carbocycles. The Kier molecular flexibility index (Phi) is 5.88. The molecule has 1 amide bonds. The van der Waals surface area contributed by atoms with Gasteiger partial charge in [0.2, 0.25) is 5.91 Å². The van der Waals surface area contributed by atoms with Crippen molar-refractivity contribution in [2.24, 2.45) is 0 Å². The third kappa shape index (κ3) is 3.93. The molecule has 2 atom stereocenters. The average molecular weight is 457 g/mol. The van der Waals surface area contributed by atoms with Gasteiger partial charge in [-0.2, -0.15) is 0 Å². The summed E-state index contributed by atoms with van der Waals surface area (Å²) in [7, 11) is 3.13. The Labute approximate surface area is 189 Å². The van der Waals surface area contributed by atoms with Gasteiger partial charge in [0.1, 0.15) is 16.5 Å². The molecule has 1 heterocycles. The van der Waals surface area contributed by atoms with Gasteiger partial charge in [0.05, 0.1) is 19.1 Å². The summed E-state index contributed by atoms with van der Waals surface area (Å²) < 4.78 is 10.8. The highest BCUT2D eigenvalue weighted by molar-refractivity contribution is 6.32. The molecule has 2 aliphatic rings. The molecule has 0 unspecified atom stereocenters. The van der Waals surface area contributed by atoms with Gasteiger partial charge in [-0.25, -0.2) is 0 Å².